The van der Waals surface area contributed by atoms with Crippen LogP contribution in [-0.2, 0) is 24.1 Å². The number of nitrogens with zero attached hydrogens (tertiary/aromatic N) is 3. The minimum Gasteiger partial charge on any atom is -0.383 e. The van der Waals surface area contributed by atoms with Crippen LogP contribution in [0.25, 0.3) is 11.3 Å². The van der Waals surface area contributed by atoms with E-state index in [1.807, 2.05) is 44.2 Å². The maximum absolute atomic E-state index is 12.6. The minimum atomic E-state index is -0.617. The SMILES string of the molecule is CC(C)n1nc(-c2ccc(CC(=O)Cc3cc(CC45CC(C4)C5)no3)cc2)c(C(N)=O)c1N. The van der Waals surface area contributed by atoms with Crippen LogP contribution in [0.3, 0.4) is 0 Å². The zero-order valence-electron chi connectivity index (χ0n) is 19.0. The molecular formula is C25H29N5O3. The van der Waals surface area contributed by atoms with Gasteiger partial charge in [0.2, 0.25) is 0 Å². The molecule has 4 N–H and O–H groups in total. The van der Waals surface area contributed by atoms with Crippen molar-refractivity contribution >= 4 is 17.5 Å². The van der Waals surface area contributed by atoms with Crippen LogP contribution >= 0.6 is 0 Å². The van der Waals surface area contributed by atoms with Crippen LogP contribution in [0.2, 0.25) is 0 Å². The summed E-state index contributed by atoms with van der Waals surface area (Å²) in [5.74, 6) is 1.26. The van der Waals surface area contributed by atoms with Crippen molar-refractivity contribution in [3.05, 3.63) is 52.9 Å². The number of benzene rings is 1. The largest absolute Gasteiger partial charge is 0.383 e. The van der Waals surface area contributed by atoms with Crippen LogP contribution in [-0.4, -0.2) is 26.6 Å². The lowest BCUT2D eigenvalue weighted by atomic mass is 9.43. The molecule has 8 nitrogen and oxygen atoms in total. The molecule has 1 aromatic carbocycles. The van der Waals surface area contributed by atoms with E-state index >= 15 is 0 Å². The predicted molar refractivity (Wildman–Crippen MR) is 123 cm³/mol. The van der Waals surface area contributed by atoms with Gasteiger partial charge in [0.05, 0.1) is 12.1 Å². The van der Waals surface area contributed by atoms with Gasteiger partial charge in [-0.25, -0.2) is 4.68 Å². The average molecular weight is 448 g/mol. The number of amides is 1. The maximum atomic E-state index is 12.6. The molecule has 0 spiro atoms. The summed E-state index contributed by atoms with van der Waals surface area (Å²) in [6.45, 7) is 3.86. The number of rotatable bonds is 9. The van der Waals surface area contributed by atoms with E-state index < -0.39 is 5.91 Å². The third-order valence-electron chi connectivity index (χ3n) is 7.01. The van der Waals surface area contributed by atoms with Gasteiger partial charge in [-0.2, -0.15) is 5.10 Å². The van der Waals surface area contributed by atoms with E-state index in [1.165, 1.54) is 19.3 Å². The summed E-state index contributed by atoms with van der Waals surface area (Å²) in [5.41, 5.74) is 15.3. The molecule has 0 aliphatic heterocycles. The molecule has 3 aliphatic carbocycles. The molecule has 2 heterocycles. The van der Waals surface area contributed by atoms with Gasteiger partial charge in [-0.3, -0.25) is 9.59 Å². The third-order valence-corrected chi connectivity index (χ3v) is 7.01. The van der Waals surface area contributed by atoms with Crippen LogP contribution < -0.4 is 11.5 Å². The second-order valence-corrected chi connectivity index (χ2v) is 10.0. The van der Waals surface area contributed by atoms with Gasteiger partial charge in [0.1, 0.15) is 28.6 Å². The molecule has 3 fully saturated rings. The first-order chi connectivity index (χ1) is 15.7. The van der Waals surface area contributed by atoms with Crippen molar-refractivity contribution in [2.75, 3.05) is 5.73 Å². The average Bonchev–Trinajstić information content (AvgIpc) is 3.28. The molecule has 2 bridgehead atoms. The lowest BCUT2D eigenvalue weighted by Crippen LogP contribution is -2.52. The Hall–Kier alpha value is -3.42. The number of nitrogen functional groups attached to an aromatic ring is 1. The summed E-state index contributed by atoms with van der Waals surface area (Å²) in [4.78, 5) is 24.6. The Bertz CT molecular complexity index is 1200. The van der Waals surface area contributed by atoms with Crippen LogP contribution in [0.15, 0.2) is 34.9 Å². The van der Waals surface area contributed by atoms with Crippen molar-refractivity contribution in [1.29, 1.82) is 0 Å². The Balaban J connectivity index is 1.24. The summed E-state index contributed by atoms with van der Waals surface area (Å²) < 4.78 is 7.00. The smallest absolute Gasteiger partial charge is 0.254 e. The molecule has 2 aromatic heterocycles. The van der Waals surface area contributed by atoms with Crippen LogP contribution in [0.5, 0.6) is 0 Å². The fraction of sp³-hybridized carbons (Fsp3) is 0.440. The fourth-order valence-corrected chi connectivity index (χ4v) is 5.33. The number of ketones is 1. The summed E-state index contributed by atoms with van der Waals surface area (Å²) >= 11 is 0. The van der Waals surface area contributed by atoms with Crippen LogP contribution in [0, 0.1) is 11.3 Å². The van der Waals surface area contributed by atoms with Crippen molar-refractivity contribution in [2.45, 2.75) is 58.4 Å². The lowest BCUT2D eigenvalue weighted by Gasteiger charge is -2.62. The first-order valence-electron chi connectivity index (χ1n) is 11.5. The van der Waals surface area contributed by atoms with Gasteiger partial charge < -0.3 is 16.0 Å². The third kappa shape index (κ3) is 3.94. The lowest BCUT2D eigenvalue weighted by molar-refractivity contribution is -0.118. The van der Waals surface area contributed by atoms with Gasteiger partial charge >= 0.3 is 0 Å². The number of Topliss-reactive ketones (excluding diaryl/α,β-unsaturated/α-hetero) is 1. The normalized spacial score (nSPS) is 21.0. The highest BCUT2D eigenvalue weighted by Gasteiger charge is 2.56. The molecule has 3 aromatic rings. The first-order valence-corrected chi connectivity index (χ1v) is 11.5. The zero-order chi connectivity index (χ0) is 23.3. The maximum Gasteiger partial charge on any atom is 0.254 e. The topological polar surface area (TPSA) is 130 Å². The van der Waals surface area contributed by atoms with Gasteiger partial charge in [0.25, 0.3) is 5.91 Å². The molecule has 33 heavy (non-hydrogen) atoms. The molecule has 0 radical (unpaired) electrons. The molecule has 8 heteroatoms. The Kier molecular flexibility index (Phi) is 5.11. The molecule has 3 aliphatic rings. The van der Waals surface area contributed by atoms with Crippen LogP contribution in [0.4, 0.5) is 5.82 Å². The summed E-state index contributed by atoms with van der Waals surface area (Å²) in [6.07, 6.45) is 5.42. The number of carbonyl (C=O) groups excluding carboxylic acids is 2. The number of carbonyl (C=O) groups is 2. The number of hydrogen-bond acceptors (Lipinski definition) is 6. The van der Waals surface area contributed by atoms with E-state index in [1.54, 1.807) is 4.68 Å². The number of anilines is 1. The Labute approximate surface area is 192 Å². The van der Waals surface area contributed by atoms with Crippen molar-refractivity contribution in [2.24, 2.45) is 17.1 Å². The highest BCUT2D eigenvalue weighted by atomic mass is 16.5. The molecule has 0 unspecified atom stereocenters. The molecule has 0 atom stereocenters. The predicted octanol–water partition coefficient (Wildman–Crippen LogP) is 3.50. The Morgan fingerprint density at radius 3 is 2.45 bits per heavy atom. The molecule has 1 amide bonds. The molecule has 172 valence electrons. The number of primary amides is 1. The standard InChI is InChI=1S/C25H29N5O3/c1-14(2)30-23(26)21(24(27)32)22(28-30)17-5-3-15(4-6-17)7-19(31)9-20-8-18(29-33-20)13-25-10-16(11-25)12-25/h3-6,8,14,16H,7,9-13,26H2,1-2H3,(H2,27,32). The van der Waals surface area contributed by atoms with E-state index in [2.05, 4.69) is 10.3 Å². The summed E-state index contributed by atoms with van der Waals surface area (Å²) in [6, 6.07) is 9.30. The van der Waals surface area contributed by atoms with E-state index in [9.17, 15) is 9.59 Å². The second kappa shape index (κ2) is 7.86. The second-order valence-electron chi connectivity index (χ2n) is 10.0. The molecule has 6 rings (SSSR count). The highest BCUT2D eigenvalue weighted by Crippen LogP contribution is 2.65. The van der Waals surface area contributed by atoms with Gasteiger partial charge in [-0.1, -0.05) is 29.4 Å². The van der Waals surface area contributed by atoms with E-state index in [-0.39, 0.29) is 36.0 Å². The van der Waals surface area contributed by atoms with E-state index in [0.29, 0.717) is 16.9 Å². The minimum absolute atomic E-state index is 0.00986. The number of hydrogen-bond donors (Lipinski definition) is 2. The zero-order valence-corrected chi connectivity index (χ0v) is 19.0. The van der Waals surface area contributed by atoms with Gasteiger partial charge in [0, 0.05) is 24.1 Å². The van der Waals surface area contributed by atoms with Gasteiger partial charge in [-0.05, 0) is 56.4 Å². The quantitative estimate of drug-likeness (QED) is 0.516. The van der Waals surface area contributed by atoms with Crippen molar-refractivity contribution in [3.63, 3.8) is 0 Å². The molecule has 3 saturated carbocycles. The summed E-state index contributed by atoms with van der Waals surface area (Å²) in [5, 5.41) is 8.67. The Morgan fingerprint density at radius 2 is 1.88 bits per heavy atom. The van der Waals surface area contributed by atoms with Crippen molar-refractivity contribution < 1.29 is 14.1 Å². The van der Waals surface area contributed by atoms with Gasteiger partial charge in [-0.15, -0.1) is 0 Å². The van der Waals surface area contributed by atoms with Crippen molar-refractivity contribution in [1.82, 2.24) is 14.9 Å². The monoisotopic (exact) mass is 447 g/mol. The fourth-order valence-electron chi connectivity index (χ4n) is 5.33. The van der Waals surface area contributed by atoms with E-state index in [0.717, 1.165) is 29.2 Å². The van der Waals surface area contributed by atoms with Crippen LogP contribution in [0.1, 0.15) is 66.5 Å². The summed E-state index contributed by atoms with van der Waals surface area (Å²) in [7, 11) is 0. The Morgan fingerprint density at radius 1 is 1.18 bits per heavy atom. The highest BCUT2D eigenvalue weighted by molar-refractivity contribution is 6.03. The van der Waals surface area contributed by atoms with Crippen molar-refractivity contribution in [3.8, 4) is 11.3 Å². The number of nitrogens with two attached hydrogens (primary N) is 2. The molecule has 0 saturated heterocycles. The van der Waals surface area contributed by atoms with E-state index in [4.69, 9.17) is 16.0 Å². The first kappa shape index (κ1) is 21.4. The number of aromatic nitrogens is 3. The van der Waals surface area contributed by atoms with Gasteiger partial charge in [0.15, 0.2) is 0 Å². The molecular weight excluding hydrogens is 418 g/mol.